The van der Waals surface area contributed by atoms with Crippen LogP contribution in [-0.4, -0.2) is 29.7 Å². The van der Waals surface area contributed by atoms with Crippen molar-refractivity contribution < 1.29 is 14.7 Å². The Morgan fingerprint density at radius 2 is 2.15 bits per heavy atom. The van der Waals surface area contributed by atoms with Gasteiger partial charge in [0.1, 0.15) is 0 Å². The number of carbonyl (C=O) groups excluding carboxylic acids is 1. The van der Waals surface area contributed by atoms with Crippen molar-refractivity contribution in [3.05, 3.63) is 29.3 Å². The number of rotatable bonds is 2. The number of nitrogens with zero attached hydrogens (tertiary/aromatic N) is 1. The average molecular weight is 274 g/mol. The summed E-state index contributed by atoms with van der Waals surface area (Å²) < 4.78 is 0. The standard InChI is InChI=1S/C15H18N2O3/c1-9-7-12(9)16-15(20)17-6-2-3-10-8-11(14(18)19)4-5-13(10)17/h4-5,8-9,12H,2-3,6-7H2,1H3,(H,16,20)(H,18,19). The number of aromatic carboxylic acids is 1. The van der Waals surface area contributed by atoms with Gasteiger partial charge in [-0.25, -0.2) is 9.59 Å². The molecule has 106 valence electrons. The molecule has 2 unspecified atom stereocenters. The van der Waals surface area contributed by atoms with Crippen LogP contribution in [0.1, 0.15) is 35.7 Å². The van der Waals surface area contributed by atoms with Crippen LogP contribution in [0, 0.1) is 5.92 Å². The molecule has 1 aliphatic heterocycles. The van der Waals surface area contributed by atoms with Gasteiger partial charge in [-0.15, -0.1) is 0 Å². The molecule has 2 atom stereocenters. The number of fused-ring (bicyclic) bond motifs is 1. The number of nitrogens with one attached hydrogen (secondary N) is 1. The summed E-state index contributed by atoms with van der Waals surface area (Å²) in [6, 6.07) is 5.21. The van der Waals surface area contributed by atoms with Crippen LogP contribution in [-0.2, 0) is 6.42 Å². The van der Waals surface area contributed by atoms with E-state index in [1.807, 2.05) is 0 Å². The monoisotopic (exact) mass is 274 g/mol. The molecule has 1 saturated carbocycles. The highest BCUT2D eigenvalue weighted by Crippen LogP contribution is 2.31. The molecule has 20 heavy (non-hydrogen) atoms. The third-order valence-electron chi connectivity index (χ3n) is 4.11. The Morgan fingerprint density at radius 1 is 1.40 bits per heavy atom. The van der Waals surface area contributed by atoms with Crippen molar-refractivity contribution in [2.75, 3.05) is 11.4 Å². The van der Waals surface area contributed by atoms with Gasteiger partial charge in [0, 0.05) is 18.3 Å². The van der Waals surface area contributed by atoms with Gasteiger partial charge in [0.25, 0.3) is 0 Å². The predicted octanol–water partition coefficient (Wildman–Crippen LogP) is 2.26. The van der Waals surface area contributed by atoms with Gasteiger partial charge in [0.15, 0.2) is 0 Å². The topological polar surface area (TPSA) is 69.6 Å². The van der Waals surface area contributed by atoms with Gasteiger partial charge >= 0.3 is 12.0 Å². The highest BCUT2D eigenvalue weighted by atomic mass is 16.4. The van der Waals surface area contributed by atoms with Gasteiger partial charge in [-0.2, -0.15) is 0 Å². The first-order chi connectivity index (χ1) is 9.56. The number of carbonyl (C=O) groups is 2. The zero-order valence-corrected chi connectivity index (χ0v) is 11.4. The highest BCUT2D eigenvalue weighted by Gasteiger charge is 2.35. The second-order valence-corrected chi connectivity index (χ2v) is 5.67. The Hall–Kier alpha value is -2.04. The Bertz CT molecular complexity index is 570. The van der Waals surface area contributed by atoms with Crippen LogP contribution in [0.25, 0.3) is 0 Å². The molecule has 1 fully saturated rings. The largest absolute Gasteiger partial charge is 0.478 e. The maximum atomic E-state index is 12.3. The van der Waals surface area contributed by atoms with Crippen molar-refractivity contribution in [1.29, 1.82) is 0 Å². The van der Waals surface area contributed by atoms with Gasteiger partial charge in [0.2, 0.25) is 0 Å². The van der Waals surface area contributed by atoms with Crippen molar-refractivity contribution in [3.8, 4) is 0 Å². The van der Waals surface area contributed by atoms with Crippen molar-refractivity contribution in [3.63, 3.8) is 0 Å². The lowest BCUT2D eigenvalue weighted by atomic mass is 9.99. The summed E-state index contributed by atoms with van der Waals surface area (Å²) in [4.78, 5) is 25.0. The van der Waals surface area contributed by atoms with Gasteiger partial charge in [-0.1, -0.05) is 6.92 Å². The lowest BCUT2D eigenvalue weighted by Gasteiger charge is -2.29. The number of amides is 2. The zero-order chi connectivity index (χ0) is 14.3. The Morgan fingerprint density at radius 3 is 2.80 bits per heavy atom. The molecule has 0 aromatic heterocycles. The summed E-state index contributed by atoms with van der Waals surface area (Å²) in [5.41, 5.74) is 2.06. The first-order valence-corrected chi connectivity index (χ1v) is 7.00. The number of anilines is 1. The summed E-state index contributed by atoms with van der Waals surface area (Å²) in [6.45, 7) is 2.81. The third kappa shape index (κ3) is 2.35. The van der Waals surface area contributed by atoms with Crippen LogP contribution in [0.5, 0.6) is 0 Å². The number of aryl methyl sites for hydroxylation is 1. The fraction of sp³-hybridized carbons (Fsp3) is 0.467. The maximum Gasteiger partial charge on any atom is 0.335 e. The van der Waals surface area contributed by atoms with Crippen LogP contribution in [0.15, 0.2) is 18.2 Å². The van der Waals surface area contributed by atoms with Gasteiger partial charge < -0.3 is 10.4 Å². The van der Waals surface area contributed by atoms with Crippen molar-refractivity contribution in [2.45, 2.75) is 32.2 Å². The summed E-state index contributed by atoms with van der Waals surface area (Å²) >= 11 is 0. The first kappa shape index (κ1) is 13.0. The fourth-order valence-electron chi connectivity index (χ4n) is 2.70. The first-order valence-electron chi connectivity index (χ1n) is 7.00. The number of urea groups is 1. The second-order valence-electron chi connectivity index (χ2n) is 5.67. The molecule has 5 nitrogen and oxygen atoms in total. The molecule has 1 heterocycles. The molecular formula is C15H18N2O3. The van der Waals surface area contributed by atoms with E-state index in [9.17, 15) is 9.59 Å². The molecule has 0 bridgehead atoms. The molecule has 1 aromatic carbocycles. The molecule has 0 radical (unpaired) electrons. The molecule has 1 aromatic rings. The van der Waals surface area contributed by atoms with Crippen LogP contribution >= 0.6 is 0 Å². The van der Waals surface area contributed by atoms with Crippen molar-refractivity contribution in [2.24, 2.45) is 5.92 Å². The lowest BCUT2D eigenvalue weighted by molar-refractivity contribution is 0.0696. The van der Waals surface area contributed by atoms with Crippen LogP contribution < -0.4 is 10.2 Å². The predicted molar refractivity (Wildman–Crippen MR) is 75.2 cm³/mol. The average Bonchev–Trinajstić information content (AvgIpc) is 3.12. The minimum atomic E-state index is -0.929. The maximum absolute atomic E-state index is 12.3. The van der Waals surface area contributed by atoms with Gasteiger partial charge in [-0.05, 0) is 48.9 Å². The van der Waals surface area contributed by atoms with E-state index in [-0.39, 0.29) is 11.6 Å². The van der Waals surface area contributed by atoms with E-state index in [4.69, 9.17) is 5.11 Å². The molecule has 0 saturated heterocycles. The van der Waals surface area contributed by atoms with Gasteiger partial charge in [0.05, 0.1) is 5.56 Å². The molecule has 1 aliphatic carbocycles. The van der Waals surface area contributed by atoms with Crippen LogP contribution in [0.3, 0.4) is 0 Å². The smallest absolute Gasteiger partial charge is 0.335 e. The van der Waals surface area contributed by atoms with Crippen molar-refractivity contribution >= 4 is 17.7 Å². The minimum Gasteiger partial charge on any atom is -0.478 e. The van der Waals surface area contributed by atoms with Gasteiger partial charge in [-0.3, -0.25) is 4.90 Å². The molecule has 2 aliphatic rings. The Kier molecular flexibility index (Phi) is 3.12. The van der Waals surface area contributed by atoms with E-state index in [2.05, 4.69) is 12.2 Å². The Balaban J connectivity index is 1.82. The van der Waals surface area contributed by atoms with E-state index in [0.717, 1.165) is 30.5 Å². The van der Waals surface area contributed by atoms with Crippen LogP contribution in [0.4, 0.5) is 10.5 Å². The van der Waals surface area contributed by atoms with Crippen LogP contribution in [0.2, 0.25) is 0 Å². The summed E-state index contributed by atoms with van der Waals surface area (Å²) in [6.07, 6.45) is 2.73. The fourth-order valence-corrected chi connectivity index (χ4v) is 2.70. The number of carboxylic acid groups (broad SMARTS) is 1. The van der Waals surface area contributed by atoms with Crippen molar-refractivity contribution in [1.82, 2.24) is 5.32 Å². The summed E-state index contributed by atoms with van der Waals surface area (Å²) in [5.74, 6) is -0.362. The van der Waals surface area contributed by atoms with E-state index in [0.29, 0.717) is 18.5 Å². The Labute approximate surface area is 117 Å². The molecule has 3 rings (SSSR count). The van der Waals surface area contributed by atoms with E-state index >= 15 is 0 Å². The molecular weight excluding hydrogens is 256 g/mol. The SMILES string of the molecule is CC1CC1NC(=O)N1CCCc2cc(C(=O)O)ccc21. The number of hydrogen-bond acceptors (Lipinski definition) is 2. The summed E-state index contributed by atoms with van der Waals surface area (Å²) in [7, 11) is 0. The molecule has 5 heteroatoms. The minimum absolute atomic E-state index is 0.0663. The number of hydrogen-bond donors (Lipinski definition) is 2. The molecule has 2 N–H and O–H groups in total. The van der Waals surface area contributed by atoms with E-state index in [1.54, 1.807) is 23.1 Å². The second kappa shape index (κ2) is 4.81. The van der Waals surface area contributed by atoms with E-state index < -0.39 is 5.97 Å². The highest BCUT2D eigenvalue weighted by molar-refractivity contribution is 5.95. The normalized spacial score (nSPS) is 23.9. The number of benzene rings is 1. The molecule has 2 amide bonds. The van der Waals surface area contributed by atoms with E-state index in [1.165, 1.54) is 0 Å². The third-order valence-corrected chi connectivity index (χ3v) is 4.11. The lowest BCUT2D eigenvalue weighted by Crippen LogP contribution is -2.44. The molecule has 0 spiro atoms. The quantitative estimate of drug-likeness (QED) is 0.869. The summed E-state index contributed by atoms with van der Waals surface area (Å²) in [5, 5.41) is 12.0. The number of carboxylic acids is 1. The zero-order valence-electron chi connectivity index (χ0n) is 11.4.